The molecular formula is C12H19BrIN3. The van der Waals surface area contributed by atoms with Gasteiger partial charge in [0.15, 0.2) is 5.96 Å². The van der Waals surface area contributed by atoms with E-state index in [-0.39, 0.29) is 24.0 Å². The lowest BCUT2D eigenvalue weighted by Crippen LogP contribution is -2.37. The maximum absolute atomic E-state index is 4.14. The first-order chi connectivity index (χ1) is 7.76. The molecule has 96 valence electrons. The van der Waals surface area contributed by atoms with Crippen molar-refractivity contribution in [3.8, 4) is 0 Å². The van der Waals surface area contributed by atoms with Gasteiger partial charge in [0, 0.05) is 24.6 Å². The third kappa shape index (κ3) is 6.88. The van der Waals surface area contributed by atoms with Crippen LogP contribution in [0.1, 0.15) is 18.9 Å². The van der Waals surface area contributed by atoms with E-state index in [4.69, 9.17) is 0 Å². The number of hydrogen-bond donors (Lipinski definition) is 2. The highest BCUT2D eigenvalue weighted by Crippen LogP contribution is 2.09. The molecule has 0 spiro atoms. The zero-order chi connectivity index (χ0) is 11.8. The number of rotatable bonds is 4. The summed E-state index contributed by atoms with van der Waals surface area (Å²) >= 11 is 3.42. The predicted octanol–water partition coefficient (Wildman–Crippen LogP) is 3.14. The summed E-state index contributed by atoms with van der Waals surface area (Å²) < 4.78 is 1.10. The van der Waals surface area contributed by atoms with Crippen LogP contribution in [0.25, 0.3) is 0 Å². The SMILES string of the molecule is CCCNC(=NC)NCc1ccc(Br)cc1.I. The van der Waals surface area contributed by atoms with Crippen LogP contribution in [0.5, 0.6) is 0 Å². The van der Waals surface area contributed by atoms with Crippen LogP contribution in [-0.4, -0.2) is 19.6 Å². The van der Waals surface area contributed by atoms with Crippen molar-refractivity contribution in [1.82, 2.24) is 10.6 Å². The van der Waals surface area contributed by atoms with Crippen LogP contribution in [0, 0.1) is 0 Å². The van der Waals surface area contributed by atoms with Gasteiger partial charge in [-0.2, -0.15) is 0 Å². The topological polar surface area (TPSA) is 36.4 Å². The van der Waals surface area contributed by atoms with E-state index in [1.807, 2.05) is 12.1 Å². The summed E-state index contributed by atoms with van der Waals surface area (Å²) in [6.45, 7) is 3.87. The molecule has 17 heavy (non-hydrogen) atoms. The van der Waals surface area contributed by atoms with E-state index in [1.165, 1.54) is 5.56 Å². The quantitative estimate of drug-likeness (QED) is 0.453. The summed E-state index contributed by atoms with van der Waals surface area (Å²) in [6.07, 6.45) is 1.10. The molecule has 0 aromatic heterocycles. The van der Waals surface area contributed by atoms with Crippen LogP contribution in [0.4, 0.5) is 0 Å². The summed E-state index contributed by atoms with van der Waals surface area (Å²) in [5.74, 6) is 0.852. The Labute approximate surface area is 129 Å². The van der Waals surface area contributed by atoms with Gasteiger partial charge < -0.3 is 10.6 Å². The van der Waals surface area contributed by atoms with E-state index in [1.54, 1.807) is 7.05 Å². The number of hydrogen-bond acceptors (Lipinski definition) is 1. The van der Waals surface area contributed by atoms with Gasteiger partial charge in [-0.3, -0.25) is 4.99 Å². The van der Waals surface area contributed by atoms with E-state index in [0.717, 1.165) is 29.9 Å². The molecule has 0 radical (unpaired) electrons. The Kier molecular flexibility index (Phi) is 9.53. The van der Waals surface area contributed by atoms with Gasteiger partial charge in [-0.15, -0.1) is 24.0 Å². The Hall–Kier alpha value is -0.300. The van der Waals surface area contributed by atoms with Gasteiger partial charge in [-0.1, -0.05) is 35.0 Å². The molecule has 0 aliphatic carbocycles. The van der Waals surface area contributed by atoms with Crippen LogP contribution in [-0.2, 0) is 6.54 Å². The molecule has 0 saturated heterocycles. The highest BCUT2D eigenvalue weighted by molar-refractivity contribution is 14.0. The van der Waals surface area contributed by atoms with E-state index in [9.17, 15) is 0 Å². The number of nitrogens with zero attached hydrogens (tertiary/aromatic N) is 1. The predicted molar refractivity (Wildman–Crippen MR) is 88.0 cm³/mol. The normalized spacial score (nSPS) is 10.6. The van der Waals surface area contributed by atoms with Crippen LogP contribution >= 0.6 is 39.9 Å². The fourth-order valence-corrected chi connectivity index (χ4v) is 1.52. The van der Waals surface area contributed by atoms with E-state index in [0.29, 0.717) is 0 Å². The van der Waals surface area contributed by atoms with Crippen molar-refractivity contribution in [1.29, 1.82) is 0 Å². The lowest BCUT2D eigenvalue weighted by Gasteiger charge is -2.10. The van der Waals surface area contributed by atoms with Crippen LogP contribution in [0.2, 0.25) is 0 Å². The monoisotopic (exact) mass is 411 g/mol. The molecule has 0 amide bonds. The Bertz CT molecular complexity index is 338. The zero-order valence-electron chi connectivity index (χ0n) is 10.2. The summed E-state index contributed by atoms with van der Waals surface area (Å²) in [7, 11) is 1.78. The first kappa shape index (κ1) is 16.7. The molecule has 0 fully saturated rings. The van der Waals surface area contributed by atoms with Crippen LogP contribution < -0.4 is 10.6 Å². The number of nitrogens with one attached hydrogen (secondary N) is 2. The number of benzene rings is 1. The maximum atomic E-state index is 4.14. The average Bonchev–Trinajstić information content (AvgIpc) is 2.32. The van der Waals surface area contributed by atoms with Crippen molar-refractivity contribution in [2.45, 2.75) is 19.9 Å². The van der Waals surface area contributed by atoms with Gasteiger partial charge in [-0.05, 0) is 24.1 Å². The van der Waals surface area contributed by atoms with E-state index < -0.39 is 0 Å². The number of guanidine groups is 1. The summed E-state index contributed by atoms with van der Waals surface area (Å²) in [5.41, 5.74) is 1.24. The van der Waals surface area contributed by atoms with E-state index in [2.05, 4.69) is 50.6 Å². The van der Waals surface area contributed by atoms with Gasteiger partial charge in [0.2, 0.25) is 0 Å². The molecule has 5 heteroatoms. The Balaban J connectivity index is 0.00000256. The molecule has 0 atom stereocenters. The van der Waals surface area contributed by atoms with E-state index >= 15 is 0 Å². The van der Waals surface area contributed by atoms with Crippen molar-refractivity contribution in [2.24, 2.45) is 4.99 Å². The highest BCUT2D eigenvalue weighted by Gasteiger charge is 1.96. The second kappa shape index (κ2) is 9.70. The first-order valence-corrected chi connectivity index (χ1v) is 6.24. The Morgan fingerprint density at radius 2 is 1.88 bits per heavy atom. The van der Waals surface area contributed by atoms with Crippen molar-refractivity contribution in [2.75, 3.05) is 13.6 Å². The van der Waals surface area contributed by atoms with Gasteiger partial charge in [0.05, 0.1) is 0 Å². The minimum atomic E-state index is 0. The third-order valence-electron chi connectivity index (χ3n) is 2.14. The second-order valence-corrected chi connectivity index (χ2v) is 4.39. The fourth-order valence-electron chi connectivity index (χ4n) is 1.25. The van der Waals surface area contributed by atoms with Crippen molar-refractivity contribution in [3.63, 3.8) is 0 Å². The van der Waals surface area contributed by atoms with Gasteiger partial charge >= 0.3 is 0 Å². The average molecular weight is 412 g/mol. The summed E-state index contributed by atoms with van der Waals surface area (Å²) in [4.78, 5) is 4.14. The minimum absolute atomic E-state index is 0. The zero-order valence-corrected chi connectivity index (χ0v) is 14.1. The molecule has 0 saturated carbocycles. The Morgan fingerprint density at radius 1 is 1.24 bits per heavy atom. The van der Waals surface area contributed by atoms with Crippen molar-refractivity contribution >= 4 is 45.9 Å². The molecule has 0 aliphatic rings. The molecule has 1 aromatic carbocycles. The van der Waals surface area contributed by atoms with Crippen LogP contribution in [0.15, 0.2) is 33.7 Å². The Morgan fingerprint density at radius 3 is 2.41 bits per heavy atom. The molecule has 0 bridgehead atoms. The summed E-state index contributed by atoms with van der Waals surface area (Å²) in [5, 5.41) is 6.49. The van der Waals surface area contributed by atoms with Gasteiger partial charge in [-0.25, -0.2) is 0 Å². The molecule has 1 aromatic rings. The number of aliphatic imine (C=N–C) groups is 1. The molecule has 2 N–H and O–H groups in total. The maximum Gasteiger partial charge on any atom is 0.191 e. The lowest BCUT2D eigenvalue weighted by molar-refractivity contribution is 0.781. The molecule has 0 unspecified atom stereocenters. The standard InChI is InChI=1S/C12H18BrN3.HI/c1-3-8-15-12(14-2)16-9-10-4-6-11(13)7-5-10;/h4-7H,3,8-9H2,1-2H3,(H2,14,15,16);1H. The van der Waals surface area contributed by atoms with Gasteiger partial charge in [0.25, 0.3) is 0 Å². The highest BCUT2D eigenvalue weighted by atomic mass is 127. The molecule has 0 heterocycles. The summed E-state index contributed by atoms with van der Waals surface area (Å²) in [6, 6.07) is 8.26. The first-order valence-electron chi connectivity index (χ1n) is 5.45. The van der Waals surface area contributed by atoms with Crippen molar-refractivity contribution in [3.05, 3.63) is 34.3 Å². The molecule has 3 nitrogen and oxygen atoms in total. The lowest BCUT2D eigenvalue weighted by atomic mass is 10.2. The molecule has 0 aliphatic heterocycles. The minimum Gasteiger partial charge on any atom is -0.356 e. The molecular weight excluding hydrogens is 393 g/mol. The smallest absolute Gasteiger partial charge is 0.191 e. The largest absolute Gasteiger partial charge is 0.356 e. The van der Waals surface area contributed by atoms with Crippen molar-refractivity contribution < 1.29 is 0 Å². The fraction of sp³-hybridized carbons (Fsp3) is 0.417. The number of halogens is 2. The van der Waals surface area contributed by atoms with Crippen LogP contribution in [0.3, 0.4) is 0 Å². The second-order valence-electron chi connectivity index (χ2n) is 3.48. The third-order valence-corrected chi connectivity index (χ3v) is 2.67. The molecule has 1 rings (SSSR count). The van der Waals surface area contributed by atoms with Gasteiger partial charge in [0.1, 0.15) is 0 Å².